The summed E-state index contributed by atoms with van der Waals surface area (Å²) in [6.45, 7) is 7.96. The third-order valence-electron chi connectivity index (χ3n) is 5.08. The van der Waals surface area contributed by atoms with Crippen molar-refractivity contribution < 1.29 is 13.9 Å². The molecule has 0 bridgehead atoms. The first-order chi connectivity index (χ1) is 17.6. The first kappa shape index (κ1) is 25.5. The van der Waals surface area contributed by atoms with Crippen LogP contribution in [-0.2, 0) is 6.61 Å². The number of aromatic nitrogens is 4. The Kier molecular flexibility index (Phi) is 7.28. The second kappa shape index (κ2) is 10.6. The van der Waals surface area contributed by atoms with Crippen LogP contribution in [0, 0.1) is 18.2 Å². The minimum Gasteiger partial charge on any atom is -0.489 e. The molecule has 4 aromatic rings. The van der Waals surface area contributed by atoms with Gasteiger partial charge in [-0.15, -0.1) is 0 Å². The zero-order valence-corrected chi connectivity index (χ0v) is 21.0. The summed E-state index contributed by atoms with van der Waals surface area (Å²) in [7, 11) is 0. The molecule has 0 fully saturated rings. The molecule has 0 aliphatic carbocycles. The Morgan fingerprint density at radius 2 is 1.65 bits per heavy atom. The average Bonchev–Trinajstić information content (AvgIpc) is 2.83. The Morgan fingerprint density at radius 3 is 2.32 bits per heavy atom. The number of nitrogens with two attached hydrogens (primary N) is 1. The molecule has 0 saturated heterocycles. The van der Waals surface area contributed by atoms with Crippen molar-refractivity contribution in [3.63, 3.8) is 0 Å². The number of aryl methyl sites for hydroxylation is 1. The van der Waals surface area contributed by atoms with Gasteiger partial charge < -0.3 is 20.5 Å². The zero-order valence-electron chi connectivity index (χ0n) is 21.0. The molecule has 2 aromatic heterocycles. The van der Waals surface area contributed by atoms with Crippen LogP contribution in [0.4, 0.5) is 16.0 Å². The Bertz CT molecular complexity index is 1400. The van der Waals surface area contributed by atoms with Crippen molar-refractivity contribution in [2.45, 2.75) is 39.8 Å². The summed E-state index contributed by atoms with van der Waals surface area (Å²) in [6.07, 6.45) is 4.69. The molecule has 10 heteroatoms. The highest BCUT2D eigenvalue weighted by Gasteiger charge is 2.20. The normalized spacial score (nSPS) is 11.2. The summed E-state index contributed by atoms with van der Waals surface area (Å²) in [5, 5.41) is 12.0. The lowest BCUT2D eigenvalue weighted by Gasteiger charge is -2.23. The number of ether oxygens (including phenoxy) is 2. The highest BCUT2D eigenvalue weighted by Crippen LogP contribution is 2.29. The molecule has 4 rings (SSSR count). The number of hydrogen-bond donors (Lipinski definition) is 3. The van der Waals surface area contributed by atoms with Gasteiger partial charge in [-0.25, -0.2) is 24.3 Å². The summed E-state index contributed by atoms with van der Waals surface area (Å²) in [5.74, 6) is 1.90. The van der Waals surface area contributed by atoms with Gasteiger partial charge in [0.05, 0.1) is 11.3 Å². The number of nitrogens with zero attached hydrogens (tertiary/aromatic N) is 4. The van der Waals surface area contributed by atoms with E-state index in [1.165, 1.54) is 18.5 Å². The number of benzene rings is 2. The number of hydrogen-bond acceptors (Lipinski definition) is 9. The van der Waals surface area contributed by atoms with E-state index >= 15 is 0 Å². The lowest BCUT2D eigenvalue weighted by molar-refractivity contribution is 0.301. The van der Waals surface area contributed by atoms with Gasteiger partial charge in [0.15, 0.2) is 0 Å². The minimum atomic E-state index is -0.496. The van der Waals surface area contributed by atoms with Crippen LogP contribution < -0.4 is 20.5 Å². The predicted molar refractivity (Wildman–Crippen MR) is 140 cm³/mol. The molecule has 2 heterocycles. The van der Waals surface area contributed by atoms with Crippen LogP contribution in [-0.4, -0.2) is 31.2 Å². The first-order valence-corrected chi connectivity index (χ1v) is 11.5. The van der Waals surface area contributed by atoms with E-state index in [1.54, 1.807) is 49.6 Å². The van der Waals surface area contributed by atoms with Gasteiger partial charge in [0.2, 0.25) is 0 Å². The van der Waals surface area contributed by atoms with Gasteiger partial charge in [0.1, 0.15) is 53.5 Å². The molecule has 0 aliphatic rings. The van der Waals surface area contributed by atoms with Crippen LogP contribution >= 0.6 is 0 Å². The van der Waals surface area contributed by atoms with Crippen molar-refractivity contribution in [3.05, 3.63) is 89.5 Å². The predicted octanol–water partition coefficient (Wildman–Crippen LogP) is 5.29. The molecule has 0 atom stereocenters. The van der Waals surface area contributed by atoms with Crippen molar-refractivity contribution in [1.82, 2.24) is 19.9 Å². The van der Waals surface area contributed by atoms with E-state index < -0.39 is 5.82 Å². The molecule has 37 heavy (non-hydrogen) atoms. The zero-order chi connectivity index (χ0) is 26.6. The maximum absolute atomic E-state index is 14.2. The number of nitrogens with one attached hydrogen (secondary N) is 2. The fourth-order valence-electron chi connectivity index (χ4n) is 3.41. The van der Waals surface area contributed by atoms with E-state index in [9.17, 15) is 4.39 Å². The van der Waals surface area contributed by atoms with Gasteiger partial charge in [-0.1, -0.05) is 0 Å². The highest BCUT2D eigenvalue weighted by molar-refractivity contribution is 6.16. The molecular weight excluding hydrogens is 473 g/mol. The fraction of sp³-hybridized carbons (Fsp3) is 0.222. The summed E-state index contributed by atoms with van der Waals surface area (Å²) in [6, 6.07) is 11.0. The van der Waals surface area contributed by atoms with Crippen molar-refractivity contribution in [1.29, 1.82) is 5.41 Å². The molecule has 190 valence electrons. The second-order valence-electron chi connectivity index (χ2n) is 9.41. The Labute approximate surface area is 214 Å². The van der Waals surface area contributed by atoms with Crippen molar-refractivity contribution >= 4 is 17.3 Å². The maximum atomic E-state index is 14.2. The van der Waals surface area contributed by atoms with Crippen molar-refractivity contribution in [3.8, 4) is 17.2 Å². The fourth-order valence-corrected chi connectivity index (χ4v) is 3.41. The smallest absolute Gasteiger partial charge is 0.141 e. The van der Waals surface area contributed by atoms with Crippen molar-refractivity contribution in [2.75, 3.05) is 11.1 Å². The van der Waals surface area contributed by atoms with Crippen LogP contribution in [0.2, 0.25) is 0 Å². The largest absolute Gasteiger partial charge is 0.489 e. The Balaban J connectivity index is 1.48. The van der Waals surface area contributed by atoms with Crippen molar-refractivity contribution in [2.24, 2.45) is 0 Å². The Morgan fingerprint density at radius 1 is 0.973 bits per heavy atom. The summed E-state index contributed by atoms with van der Waals surface area (Å²) >= 11 is 0. The molecule has 4 N–H and O–H groups in total. The lowest BCUT2D eigenvalue weighted by atomic mass is 10.0. The van der Waals surface area contributed by atoms with Crippen LogP contribution in [0.15, 0.2) is 61.2 Å². The van der Waals surface area contributed by atoms with E-state index in [4.69, 9.17) is 20.6 Å². The number of anilines is 2. The third-order valence-corrected chi connectivity index (χ3v) is 5.08. The number of halogens is 1. The standard InChI is InChI=1S/C27H28FN7O2/c1-16-31-12-17(13-32-16)14-36-21-9-19(28)10-22(11-21)37-20-7-5-18(6-8-20)24(29)23-25(30)33-15-34-26(23)35-27(2,3)4/h5-13,15,29H,14H2,1-4H3,(H3,30,33,34,35). The SMILES string of the molecule is Cc1ncc(COc2cc(F)cc(Oc3ccc(C(=N)c4c(N)ncnc4NC(C)(C)C)cc3)c2)cn1. The van der Waals surface area contributed by atoms with E-state index in [0.717, 1.165) is 5.56 Å². The van der Waals surface area contributed by atoms with E-state index in [1.807, 2.05) is 20.8 Å². The Hall–Kier alpha value is -4.60. The second-order valence-corrected chi connectivity index (χ2v) is 9.41. The molecule has 0 spiro atoms. The maximum Gasteiger partial charge on any atom is 0.141 e. The van der Waals surface area contributed by atoms with E-state index in [-0.39, 0.29) is 29.4 Å². The van der Waals surface area contributed by atoms with E-state index in [2.05, 4.69) is 25.3 Å². The van der Waals surface area contributed by atoms with Crippen LogP contribution in [0.1, 0.15) is 43.3 Å². The first-order valence-electron chi connectivity index (χ1n) is 11.5. The average molecular weight is 502 g/mol. The molecule has 0 saturated carbocycles. The van der Waals surface area contributed by atoms with Gasteiger partial charge >= 0.3 is 0 Å². The monoisotopic (exact) mass is 501 g/mol. The van der Waals surface area contributed by atoms with E-state index in [0.29, 0.717) is 34.3 Å². The number of rotatable bonds is 8. The topological polar surface area (TPSA) is 132 Å². The van der Waals surface area contributed by atoms with Gasteiger partial charge in [-0.05, 0) is 52.0 Å². The van der Waals surface area contributed by atoms with Gasteiger partial charge in [-0.2, -0.15) is 0 Å². The lowest BCUT2D eigenvalue weighted by Crippen LogP contribution is -2.28. The molecule has 0 radical (unpaired) electrons. The molecule has 0 aliphatic heterocycles. The molecule has 2 aromatic carbocycles. The highest BCUT2D eigenvalue weighted by atomic mass is 19.1. The summed E-state index contributed by atoms with van der Waals surface area (Å²) in [4.78, 5) is 16.6. The summed E-state index contributed by atoms with van der Waals surface area (Å²) in [5.41, 5.74) is 7.75. The van der Waals surface area contributed by atoms with Crippen LogP contribution in [0.5, 0.6) is 17.2 Å². The molecular formula is C27H28FN7O2. The van der Waals surface area contributed by atoms with Gasteiger partial charge in [-0.3, -0.25) is 5.41 Å². The van der Waals surface area contributed by atoms with Gasteiger partial charge in [0.25, 0.3) is 0 Å². The number of nitrogen functional groups attached to an aromatic ring is 1. The van der Waals surface area contributed by atoms with Crippen LogP contribution in [0.3, 0.4) is 0 Å². The van der Waals surface area contributed by atoms with Crippen LogP contribution in [0.25, 0.3) is 0 Å². The minimum absolute atomic E-state index is 0.165. The molecule has 0 amide bonds. The molecule has 9 nitrogen and oxygen atoms in total. The van der Waals surface area contributed by atoms with Gasteiger partial charge in [0, 0.05) is 47.3 Å². The quantitative estimate of drug-likeness (QED) is 0.277. The summed E-state index contributed by atoms with van der Waals surface area (Å²) < 4.78 is 25.8. The third kappa shape index (κ3) is 6.75. The molecule has 0 unspecified atom stereocenters.